The van der Waals surface area contributed by atoms with Crippen LogP contribution in [0.15, 0.2) is 18.2 Å². The molecule has 0 radical (unpaired) electrons. The number of carboxylic acids is 1. The quantitative estimate of drug-likeness (QED) is 0.744. The monoisotopic (exact) mass is 250 g/mol. The molecule has 5 N–H and O–H groups in total. The Labute approximate surface area is 108 Å². The van der Waals surface area contributed by atoms with Crippen molar-refractivity contribution in [2.24, 2.45) is 11.5 Å². The fourth-order valence-electron chi connectivity index (χ4n) is 1.94. The van der Waals surface area contributed by atoms with Crippen LogP contribution in [0.25, 0.3) is 0 Å². The Morgan fingerprint density at radius 3 is 2.44 bits per heavy atom. The number of hydrogen-bond donors (Lipinski definition) is 3. The summed E-state index contributed by atoms with van der Waals surface area (Å²) in [5.41, 5.74) is 15.1. The Kier molecular flexibility index (Phi) is 4.87. The number of hydrogen-bond acceptors (Lipinski definition) is 3. The lowest BCUT2D eigenvalue weighted by Gasteiger charge is -2.22. The van der Waals surface area contributed by atoms with Crippen LogP contribution in [0.4, 0.5) is 0 Å². The molecule has 4 heteroatoms. The number of carboxylic acid groups (broad SMARTS) is 1. The van der Waals surface area contributed by atoms with Gasteiger partial charge in [0, 0.05) is 12.1 Å². The predicted octanol–water partition coefficient (Wildman–Crippen LogP) is 1.92. The summed E-state index contributed by atoms with van der Waals surface area (Å²) in [5.74, 6) is -0.511. The van der Waals surface area contributed by atoms with E-state index in [-0.39, 0.29) is 6.42 Å². The van der Waals surface area contributed by atoms with Crippen molar-refractivity contribution in [1.29, 1.82) is 0 Å². The van der Waals surface area contributed by atoms with Crippen LogP contribution in [0.2, 0.25) is 0 Å². The van der Waals surface area contributed by atoms with Crippen molar-refractivity contribution in [3.63, 3.8) is 0 Å². The fraction of sp³-hybridized carbons (Fsp3) is 0.500. The van der Waals surface area contributed by atoms with Gasteiger partial charge in [-0.3, -0.25) is 4.79 Å². The summed E-state index contributed by atoms with van der Waals surface area (Å²) in [6, 6.07) is 5.10. The van der Waals surface area contributed by atoms with Gasteiger partial charge in [-0.25, -0.2) is 0 Å². The first-order chi connectivity index (χ1) is 8.32. The van der Waals surface area contributed by atoms with Crippen LogP contribution in [-0.2, 0) is 4.79 Å². The lowest BCUT2D eigenvalue weighted by atomic mass is 9.90. The predicted molar refractivity (Wildman–Crippen MR) is 72.4 cm³/mol. The maximum Gasteiger partial charge on any atom is 0.304 e. The average Bonchev–Trinajstić information content (AvgIpc) is 2.27. The minimum absolute atomic E-state index is 0.119. The third-order valence-electron chi connectivity index (χ3n) is 3.20. The highest BCUT2D eigenvalue weighted by molar-refractivity contribution is 5.67. The van der Waals surface area contributed by atoms with Crippen molar-refractivity contribution in [2.45, 2.75) is 45.2 Å². The minimum atomic E-state index is -0.921. The van der Waals surface area contributed by atoms with Crippen LogP contribution in [-0.4, -0.2) is 17.1 Å². The van der Waals surface area contributed by atoms with E-state index in [1.807, 2.05) is 19.1 Å². The molecule has 0 saturated heterocycles. The van der Waals surface area contributed by atoms with Crippen molar-refractivity contribution in [3.8, 4) is 0 Å². The third-order valence-corrected chi connectivity index (χ3v) is 3.20. The molecule has 0 aliphatic rings. The number of rotatable bonds is 5. The first-order valence-electron chi connectivity index (χ1n) is 6.16. The maximum atomic E-state index is 10.7. The molecule has 18 heavy (non-hydrogen) atoms. The Morgan fingerprint density at radius 1 is 1.33 bits per heavy atom. The van der Waals surface area contributed by atoms with Gasteiger partial charge in [0.2, 0.25) is 0 Å². The zero-order chi connectivity index (χ0) is 13.9. The standard InChI is InChI=1S/C14H22N2O2/c1-8(2)10-5-4-9(3)11(6-10)14(16)12(15)7-13(17)18/h4-6,8,12,14H,7,15-16H2,1-3H3,(H,17,18). The van der Waals surface area contributed by atoms with Crippen LogP contribution < -0.4 is 11.5 Å². The molecule has 1 rings (SSSR count). The Morgan fingerprint density at radius 2 is 1.94 bits per heavy atom. The molecule has 0 amide bonds. The van der Waals surface area contributed by atoms with Crippen molar-refractivity contribution in [1.82, 2.24) is 0 Å². The summed E-state index contributed by atoms with van der Waals surface area (Å²) in [6.07, 6.45) is -0.119. The highest BCUT2D eigenvalue weighted by Crippen LogP contribution is 2.24. The summed E-state index contributed by atoms with van der Waals surface area (Å²) in [6.45, 7) is 6.18. The largest absolute Gasteiger partial charge is 0.481 e. The molecule has 0 heterocycles. The van der Waals surface area contributed by atoms with E-state index in [4.69, 9.17) is 16.6 Å². The average molecular weight is 250 g/mol. The second-order valence-electron chi connectivity index (χ2n) is 5.06. The summed E-state index contributed by atoms with van der Waals surface area (Å²) in [4.78, 5) is 10.7. The number of aryl methyl sites for hydroxylation is 1. The van der Waals surface area contributed by atoms with E-state index in [0.29, 0.717) is 5.92 Å². The molecule has 2 unspecified atom stereocenters. The molecule has 2 atom stereocenters. The summed E-state index contributed by atoms with van der Waals surface area (Å²) in [5, 5.41) is 8.76. The zero-order valence-corrected chi connectivity index (χ0v) is 11.2. The molecule has 0 bridgehead atoms. The van der Waals surface area contributed by atoms with Gasteiger partial charge in [-0.1, -0.05) is 32.0 Å². The van der Waals surface area contributed by atoms with E-state index < -0.39 is 18.1 Å². The number of aliphatic carboxylic acids is 1. The van der Waals surface area contributed by atoms with Crippen LogP contribution in [0.1, 0.15) is 48.9 Å². The lowest BCUT2D eigenvalue weighted by molar-refractivity contribution is -0.137. The second-order valence-corrected chi connectivity index (χ2v) is 5.06. The van der Waals surface area contributed by atoms with Crippen molar-refractivity contribution >= 4 is 5.97 Å². The Balaban J connectivity index is 3.00. The third kappa shape index (κ3) is 3.55. The molecule has 0 fully saturated rings. The van der Waals surface area contributed by atoms with Gasteiger partial charge in [0.15, 0.2) is 0 Å². The molecule has 0 aliphatic heterocycles. The highest BCUT2D eigenvalue weighted by Gasteiger charge is 2.20. The van der Waals surface area contributed by atoms with Gasteiger partial charge < -0.3 is 16.6 Å². The van der Waals surface area contributed by atoms with E-state index in [9.17, 15) is 4.79 Å². The molecule has 4 nitrogen and oxygen atoms in total. The maximum absolute atomic E-state index is 10.7. The molecular weight excluding hydrogens is 228 g/mol. The number of nitrogens with two attached hydrogens (primary N) is 2. The lowest BCUT2D eigenvalue weighted by Crippen LogP contribution is -2.36. The first-order valence-corrected chi connectivity index (χ1v) is 6.16. The molecule has 0 spiro atoms. The van der Waals surface area contributed by atoms with E-state index in [1.54, 1.807) is 0 Å². The fourth-order valence-corrected chi connectivity index (χ4v) is 1.94. The number of carbonyl (C=O) groups is 1. The molecule has 0 aliphatic carbocycles. The van der Waals surface area contributed by atoms with Crippen LogP contribution >= 0.6 is 0 Å². The topological polar surface area (TPSA) is 89.3 Å². The van der Waals surface area contributed by atoms with Gasteiger partial charge in [0.1, 0.15) is 0 Å². The van der Waals surface area contributed by atoms with Gasteiger partial charge >= 0.3 is 5.97 Å². The second kappa shape index (κ2) is 5.98. The molecular formula is C14H22N2O2. The van der Waals surface area contributed by atoms with Crippen LogP contribution in [0.5, 0.6) is 0 Å². The van der Waals surface area contributed by atoms with E-state index in [0.717, 1.165) is 11.1 Å². The molecule has 100 valence electrons. The van der Waals surface area contributed by atoms with E-state index >= 15 is 0 Å². The minimum Gasteiger partial charge on any atom is -0.481 e. The van der Waals surface area contributed by atoms with Gasteiger partial charge in [0.25, 0.3) is 0 Å². The SMILES string of the molecule is Cc1ccc(C(C)C)cc1C(N)C(N)CC(=O)O. The van der Waals surface area contributed by atoms with Gasteiger partial charge in [0.05, 0.1) is 6.42 Å². The Hall–Kier alpha value is -1.39. The van der Waals surface area contributed by atoms with Gasteiger partial charge in [-0.2, -0.15) is 0 Å². The highest BCUT2D eigenvalue weighted by atomic mass is 16.4. The smallest absolute Gasteiger partial charge is 0.304 e. The Bertz CT molecular complexity index is 430. The summed E-state index contributed by atoms with van der Waals surface area (Å²) in [7, 11) is 0. The van der Waals surface area contributed by atoms with Crippen molar-refractivity contribution < 1.29 is 9.90 Å². The van der Waals surface area contributed by atoms with Gasteiger partial charge in [-0.05, 0) is 29.5 Å². The van der Waals surface area contributed by atoms with Crippen molar-refractivity contribution in [2.75, 3.05) is 0 Å². The zero-order valence-electron chi connectivity index (χ0n) is 11.2. The summed E-state index contributed by atoms with van der Waals surface area (Å²) < 4.78 is 0. The molecule has 1 aromatic rings. The molecule has 1 aromatic carbocycles. The normalized spacial score (nSPS) is 14.6. The van der Waals surface area contributed by atoms with Crippen LogP contribution in [0.3, 0.4) is 0 Å². The molecule has 0 saturated carbocycles. The molecule has 0 aromatic heterocycles. The summed E-state index contributed by atoms with van der Waals surface area (Å²) >= 11 is 0. The number of benzene rings is 1. The van der Waals surface area contributed by atoms with E-state index in [1.165, 1.54) is 5.56 Å². The van der Waals surface area contributed by atoms with Crippen LogP contribution in [0, 0.1) is 6.92 Å². The van der Waals surface area contributed by atoms with Gasteiger partial charge in [-0.15, -0.1) is 0 Å². The van der Waals surface area contributed by atoms with E-state index in [2.05, 4.69) is 19.9 Å². The first kappa shape index (κ1) is 14.7. The van der Waals surface area contributed by atoms with Crippen molar-refractivity contribution in [3.05, 3.63) is 34.9 Å².